The Balaban J connectivity index is 2.58. The molecular weight excluding hydrogens is 234 g/mol. The second kappa shape index (κ2) is 3.68. The van der Waals surface area contributed by atoms with Crippen molar-refractivity contribution >= 4 is 29.2 Å². The van der Waals surface area contributed by atoms with E-state index in [1.54, 1.807) is 7.05 Å². The highest BCUT2D eigenvalue weighted by atomic mass is 35.5. The molecule has 0 saturated heterocycles. The summed E-state index contributed by atoms with van der Waals surface area (Å²) in [5.74, 6) is -1.00. The number of carbonyl (C=O) groups is 2. The van der Waals surface area contributed by atoms with Crippen LogP contribution in [0.1, 0.15) is 10.4 Å². The van der Waals surface area contributed by atoms with Crippen molar-refractivity contribution in [2.24, 2.45) is 0 Å². The number of rotatable bonds is 1. The van der Waals surface area contributed by atoms with Gasteiger partial charge in [0, 0.05) is 7.05 Å². The summed E-state index contributed by atoms with van der Waals surface area (Å²) in [5, 5.41) is 9.02. The smallest absolute Gasteiger partial charge is 0.335 e. The van der Waals surface area contributed by atoms with Gasteiger partial charge in [-0.25, -0.2) is 4.79 Å². The zero-order valence-electron chi connectivity index (χ0n) is 8.36. The van der Waals surface area contributed by atoms with E-state index < -0.39 is 5.97 Å². The number of likely N-dealkylation sites (N-methyl/N-ethyl adjacent to an activating group) is 1. The number of hydrogen-bond donors (Lipinski definition) is 1. The first kappa shape index (κ1) is 10.8. The third kappa shape index (κ3) is 1.59. The molecule has 0 aliphatic carbocycles. The fraction of sp³-hybridized carbons (Fsp3) is 0.200. The van der Waals surface area contributed by atoms with E-state index >= 15 is 0 Å². The molecule has 5 nitrogen and oxygen atoms in total. The molecule has 1 aromatic carbocycles. The lowest BCUT2D eigenvalue weighted by Crippen LogP contribution is -2.35. The highest BCUT2D eigenvalue weighted by molar-refractivity contribution is 6.34. The summed E-state index contributed by atoms with van der Waals surface area (Å²) in [6.07, 6.45) is 0. The molecule has 6 heteroatoms. The third-order valence-corrected chi connectivity index (χ3v) is 2.62. The molecule has 1 amide bonds. The first-order valence-corrected chi connectivity index (χ1v) is 4.84. The van der Waals surface area contributed by atoms with Gasteiger partial charge in [0.15, 0.2) is 6.61 Å². The van der Waals surface area contributed by atoms with Crippen molar-refractivity contribution in [2.75, 3.05) is 18.6 Å². The zero-order chi connectivity index (χ0) is 11.9. The van der Waals surface area contributed by atoms with Crippen molar-refractivity contribution in [3.05, 3.63) is 22.7 Å². The summed E-state index contributed by atoms with van der Waals surface area (Å²) < 4.78 is 5.14. The van der Waals surface area contributed by atoms with Crippen molar-refractivity contribution in [1.82, 2.24) is 0 Å². The SMILES string of the molecule is CN1C(=O)COc2cc(C(=O)O)cc(Cl)c21. The second-order valence-electron chi connectivity index (χ2n) is 3.35. The Morgan fingerprint density at radius 2 is 2.25 bits per heavy atom. The van der Waals surface area contributed by atoms with E-state index in [-0.39, 0.29) is 23.1 Å². The maximum absolute atomic E-state index is 11.4. The summed E-state index contributed by atoms with van der Waals surface area (Å²) >= 11 is 5.91. The minimum absolute atomic E-state index is 0.0338. The number of amides is 1. The Kier molecular flexibility index (Phi) is 2.47. The highest BCUT2D eigenvalue weighted by Crippen LogP contribution is 2.38. The first-order chi connectivity index (χ1) is 7.50. The Morgan fingerprint density at radius 3 is 2.88 bits per heavy atom. The summed E-state index contributed by atoms with van der Waals surface area (Å²) in [6, 6.07) is 2.65. The maximum Gasteiger partial charge on any atom is 0.335 e. The maximum atomic E-state index is 11.4. The predicted octanol–water partition coefficient (Wildman–Crippen LogP) is 1.39. The number of fused-ring (bicyclic) bond motifs is 1. The number of ether oxygens (including phenoxy) is 1. The molecule has 2 rings (SSSR count). The molecule has 0 fully saturated rings. The quantitative estimate of drug-likeness (QED) is 0.807. The van der Waals surface area contributed by atoms with E-state index in [9.17, 15) is 9.59 Å². The van der Waals surface area contributed by atoms with Gasteiger partial charge < -0.3 is 14.7 Å². The topological polar surface area (TPSA) is 66.8 Å². The molecule has 16 heavy (non-hydrogen) atoms. The molecule has 1 N–H and O–H groups in total. The van der Waals surface area contributed by atoms with Gasteiger partial charge in [-0.3, -0.25) is 4.79 Å². The van der Waals surface area contributed by atoms with Gasteiger partial charge in [0.1, 0.15) is 11.4 Å². The lowest BCUT2D eigenvalue weighted by molar-refractivity contribution is -0.120. The Labute approximate surface area is 96.2 Å². The third-order valence-electron chi connectivity index (χ3n) is 2.34. The number of aromatic carboxylic acids is 1. The van der Waals surface area contributed by atoms with Crippen LogP contribution in [0.4, 0.5) is 5.69 Å². The standard InChI is InChI=1S/C10H8ClNO4/c1-12-8(13)4-16-7-3-5(10(14)15)2-6(11)9(7)12/h2-3H,4H2,1H3,(H,14,15). The van der Waals surface area contributed by atoms with Gasteiger partial charge in [-0.05, 0) is 12.1 Å². The minimum atomic E-state index is -1.09. The second-order valence-corrected chi connectivity index (χ2v) is 3.76. The molecule has 84 valence electrons. The van der Waals surface area contributed by atoms with E-state index in [1.165, 1.54) is 17.0 Å². The van der Waals surface area contributed by atoms with Crippen molar-refractivity contribution in [3.8, 4) is 5.75 Å². The van der Waals surface area contributed by atoms with Crippen molar-refractivity contribution in [2.45, 2.75) is 0 Å². The highest BCUT2D eigenvalue weighted by Gasteiger charge is 2.26. The van der Waals surface area contributed by atoms with Crippen LogP contribution in [0.5, 0.6) is 5.75 Å². The van der Waals surface area contributed by atoms with E-state index in [2.05, 4.69) is 0 Å². The lowest BCUT2D eigenvalue weighted by atomic mass is 10.1. The number of hydrogen-bond acceptors (Lipinski definition) is 3. The van der Waals surface area contributed by atoms with Crippen LogP contribution < -0.4 is 9.64 Å². The van der Waals surface area contributed by atoms with Gasteiger partial charge in [0.2, 0.25) is 0 Å². The van der Waals surface area contributed by atoms with Crippen LogP contribution >= 0.6 is 11.6 Å². The fourth-order valence-corrected chi connectivity index (χ4v) is 1.83. The Morgan fingerprint density at radius 1 is 1.56 bits per heavy atom. The van der Waals surface area contributed by atoms with Crippen LogP contribution in [0.3, 0.4) is 0 Å². The van der Waals surface area contributed by atoms with Gasteiger partial charge in [-0.1, -0.05) is 11.6 Å². The monoisotopic (exact) mass is 241 g/mol. The lowest BCUT2D eigenvalue weighted by Gasteiger charge is -2.27. The average molecular weight is 242 g/mol. The molecule has 1 heterocycles. The van der Waals surface area contributed by atoms with Crippen molar-refractivity contribution in [3.63, 3.8) is 0 Å². The molecule has 0 bridgehead atoms. The van der Waals surface area contributed by atoms with Crippen molar-refractivity contribution < 1.29 is 19.4 Å². The number of halogens is 1. The van der Waals surface area contributed by atoms with Crippen LogP contribution in [0.15, 0.2) is 12.1 Å². The molecule has 0 aromatic heterocycles. The summed E-state index contributed by atoms with van der Waals surface area (Å²) in [7, 11) is 1.57. The van der Waals surface area contributed by atoms with E-state index in [1.807, 2.05) is 0 Å². The Bertz CT molecular complexity index is 486. The van der Waals surface area contributed by atoms with Gasteiger partial charge in [0.25, 0.3) is 5.91 Å². The van der Waals surface area contributed by atoms with Gasteiger partial charge in [-0.2, -0.15) is 0 Å². The normalized spacial score (nSPS) is 14.4. The number of nitrogens with zero attached hydrogens (tertiary/aromatic N) is 1. The predicted molar refractivity (Wildman–Crippen MR) is 57.3 cm³/mol. The van der Waals surface area contributed by atoms with Gasteiger partial charge in [0.05, 0.1) is 10.6 Å². The van der Waals surface area contributed by atoms with E-state index in [0.717, 1.165) is 0 Å². The summed E-state index contributed by atoms with van der Waals surface area (Å²) in [6.45, 7) is -0.108. The van der Waals surface area contributed by atoms with Crippen LogP contribution in [-0.2, 0) is 4.79 Å². The molecule has 0 unspecified atom stereocenters. The number of carboxylic acid groups (broad SMARTS) is 1. The van der Waals surface area contributed by atoms with E-state index in [4.69, 9.17) is 21.4 Å². The van der Waals surface area contributed by atoms with Crippen LogP contribution in [0, 0.1) is 0 Å². The zero-order valence-corrected chi connectivity index (χ0v) is 9.11. The summed E-state index contributed by atoms with van der Waals surface area (Å²) in [4.78, 5) is 23.5. The molecule has 0 spiro atoms. The van der Waals surface area contributed by atoms with Crippen LogP contribution in [0.2, 0.25) is 5.02 Å². The van der Waals surface area contributed by atoms with Gasteiger partial charge in [-0.15, -0.1) is 0 Å². The van der Waals surface area contributed by atoms with Crippen molar-refractivity contribution in [1.29, 1.82) is 0 Å². The average Bonchev–Trinajstić information content (AvgIpc) is 2.22. The molecule has 1 aromatic rings. The van der Waals surface area contributed by atoms with Crippen LogP contribution in [-0.4, -0.2) is 30.6 Å². The summed E-state index contributed by atoms with van der Waals surface area (Å²) in [5.41, 5.74) is 0.439. The number of benzene rings is 1. The number of anilines is 1. The molecular formula is C10H8ClNO4. The first-order valence-electron chi connectivity index (χ1n) is 4.47. The number of carboxylic acids is 1. The van der Waals surface area contributed by atoms with E-state index in [0.29, 0.717) is 11.4 Å². The molecule has 0 atom stereocenters. The molecule has 1 aliphatic heterocycles. The number of carbonyl (C=O) groups excluding carboxylic acids is 1. The Hall–Kier alpha value is -1.75. The largest absolute Gasteiger partial charge is 0.481 e. The molecule has 1 aliphatic rings. The van der Waals surface area contributed by atoms with Crippen LogP contribution in [0.25, 0.3) is 0 Å². The van der Waals surface area contributed by atoms with Gasteiger partial charge >= 0.3 is 5.97 Å². The minimum Gasteiger partial charge on any atom is -0.481 e. The molecule has 0 saturated carbocycles. The molecule has 0 radical (unpaired) electrons. The fourth-order valence-electron chi connectivity index (χ4n) is 1.49.